The van der Waals surface area contributed by atoms with E-state index in [9.17, 15) is 0 Å². The van der Waals surface area contributed by atoms with Crippen LogP contribution in [-0.2, 0) is 5.41 Å². The maximum absolute atomic E-state index is 4.79. The van der Waals surface area contributed by atoms with E-state index in [0.717, 1.165) is 22.5 Å². The second-order valence-electron chi connectivity index (χ2n) is 6.43. The second-order valence-corrected chi connectivity index (χ2v) is 6.43. The molecule has 2 heteroatoms. The highest BCUT2D eigenvalue weighted by Crippen LogP contribution is 2.35. The van der Waals surface area contributed by atoms with E-state index in [1.807, 2.05) is 24.3 Å². The average molecular weight is 324 g/mol. The van der Waals surface area contributed by atoms with Crippen molar-refractivity contribution < 1.29 is 0 Å². The van der Waals surface area contributed by atoms with Crippen molar-refractivity contribution in [1.82, 2.24) is 5.43 Å². The molecular weight excluding hydrogens is 304 g/mol. The minimum atomic E-state index is -0.307. The quantitative estimate of drug-likeness (QED) is 0.721. The van der Waals surface area contributed by atoms with E-state index in [1.165, 1.54) is 5.56 Å². The largest absolute Gasteiger partial charge is 0.278 e. The molecule has 0 radical (unpaired) electrons. The van der Waals surface area contributed by atoms with Crippen LogP contribution in [0.15, 0.2) is 102 Å². The van der Waals surface area contributed by atoms with Crippen molar-refractivity contribution in [2.45, 2.75) is 12.3 Å². The predicted molar refractivity (Wildman–Crippen MR) is 104 cm³/mol. The number of hydrogen-bond donors (Lipinski definition) is 1. The zero-order chi connectivity index (χ0) is 17.1. The fourth-order valence-electron chi connectivity index (χ4n) is 3.35. The van der Waals surface area contributed by atoms with Gasteiger partial charge in [0.05, 0.1) is 16.8 Å². The number of benzene rings is 3. The van der Waals surface area contributed by atoms with Crippen molar-refractivity contribution in [3.8, 4) is 0 Å². The third kappa shape index (κ3) is 2.87. The smallest absolute Gasteiger partial charge is 0.0821 e. The zero-order valence-electron chi connectivity index (χ0n) is 14.2. The normalized spacial score (nSPS) is 19.6. The molecule has 1 atom stereocenters. The lowest BCUT2D eigenvalue weighted by Crippen LogP contribution is -2.37. The van der Waals surface area contributed by atoms with Gasteiger partial charge in [0.25, 0.3) is 0 Å². The van der Waals surface area contributed by atoms with Crippen LogP contribution in [0.2, 0.25) is 0 Å². The van der Waals surface area contributed by atoms with E-state index >= 15 is 0 Å². The van der Waals surface area contributed by atoms with Crippen molar-refractivity contribution in [2.75, 3.05) is 0 Å². The monoisotopic (exact) mass is 324 g/mol. The van der Waals surface area contributed by atoms with E-state index in [2.05, 4.69) is 85.2 Å². The van der Waals surface area contributed by atoms with E-state index in [0.29, 0.717) is 0 Å². The summed E-state index contributed by atoms with van der Waals surface area (Å²) in [4.78, 5) is 0. The molecule has 2 nitrogen and oxygen atoms in total. The number of hydrazone groups is 1. The molecule has 0 bridgehead atoms. The molecule has 1 aliphatic rings. The number of rotatable bonds is 3. The first-order valence-corrected chi connectivity index (χ1v) is 8.51. The Hall–Kier alpha value is -3.13. The molecule has 1 heterocycles. The van der Waals surface area contributed by atoms with Gasteiger partial charge in [-0.15, -0.1) is 0 Å². The Labute approximate surface area is 148 Å². The molecule has 122 valence electrons. The van der Waals surface area contributed by atoms with E-state index < -0.39 is 0 Å². The zero-order valence-corrected chi connectivity index (χ0v) is 14.2. The summed E-state index contributed by atoms with van der Waals surface area (Å²) < 4.78 is 0. The van der Waals surface area contributed by atoms with Crippen LogP contribution in [0.3, 0.4) is 0 Å². The van der Waals surface area contributed by atoms with Crippen LogP contribution in [0.4, 0.5) is 0 Å². The van der Waals surface area contributed by atoms with Crippen LogP contribution in [0.1, 0.15) is 23.6 Å². The van der Waals surface area contributed by atoms with Gasteiger partial charge in [-0.1, -0.05) is 91.0 Å². The number of nitrogens with one attached hydrogen (secondary N) is 1. The minimum absolute atomic E-state index is 0.307. The SMILES string of the molecule is CC1(c2ccccc2)C=C(c2ccccc2)NN=C1c1ccccc1. The number of nitrogens with zero attached hydrogens (tertiary/aromatic N) is 1. The Balaban J connectivity index is 1.86. The van der Waals surface area contributed by atoms with Gasteiger partial charge in [-0.2, -0.15) is 5.10 Å². The van der Waals surface area contributed by atoms with Gasteiger partial charge in [0.15, 0.2) is 0 Å². The fraction of sp³-hybridized carbons (Fsp3) is 0.0870. The highest BCUT2D eigenvalue weighted by molar-refractivity contribution is 6.10. The van der Waals surface area contributed by atoms with Crippen molar-refractivity contribution in [1.29, 1.82) is 0 Å². The van der Waals surface area contributed by atoms with Crippen LogP contribution in [0.5, 0.6) is 0 Å². The Kier molecular flexibility index (Phi) is 3.95. The lowest BCUT2D eigenvalue weighted by atomic mass is 9.74. The van der Waals surface area contributed by atoms with E-state index in [1.54, 1.807) is 0 Å². The maximum atomic E-state index is 4.79. The summed E-state index contributed by atoms with van der Waals surface area (Å²) in [5, 5.41) is 4.79. The summed E-state index contributed by atoms with van der Waals surface area (Å²) in [5.41, 5.74) is 8.51. The summed E-state index contributed by atoms with van der Waals surface area (Å²) in [7, 11) is 0. The van der Waals surface area contributed by atoms with Crippen molar-refractivity contribution in [3.63, 3.8) is 0 Å². The Bertz CT molecular complexity index is 912. The summed E-state index contributed by atoms with van der Waals surface area (Å²) in [6.45, 7) is 2.23. The molecule has 0 amide bonds. The van der Waals surface area contributed by atoms with Crippen LogP contribution in [-0.4, -0.2) is 5.71 Å². The van der Waals surface area contributed by atoms with Gasteiger partial charge in [-0.3, -0.25) is 5.43 Å². The lowest BCUT2D eigenvalue weighted by molar-refractivity contribution is 0.762. The number of hydrogen-bond acceptors (Lipinski definition) is 2. The van der Waals surface area contributed by atoms with Gasteiger partial charge in [0.1, 0.15) is 0 Å². The second kappa shape index (κ2) is 6.40. The van der Waals surface area contributed by atoms with Crippen molar-refractivity contribution in [2.24, 2.45) is 5.10 Å². The van der Waals surface area contributed by atoms with Gasteiger partial charge in [-0.05, 0) is 29.7 Å². The molecule has 4 rings (SSSR count). The Morgan fingerprint density at radius 3 is 1.80 bits per heavy atom. The van der Waals surface area contributed by atoms with Gasteiger partial charge in [0, 0.05) is 0 Å². The summed E-state index contributed by atoms with van der Waals surface area (Å²) in [6, 6.07) is 31.3. The van der Waals surface area contributed by atoms with Gasteiger partial charge in [0.2, 0.25) is 0 Å². The van der Waals surface area contributed by atoms with Crippen LogP contribution < -0.4 is 5.43 Å². The molecule has 3 aromatic rings. The Morgan fingerprint density at radius 1 is 0.680 bits per heavy atom. The van der Waals surface area contributed by atoms with Crippen LogP contribution >= 0.6 is 0 Å². The molecule has 1 aliphatic heterocycles. The highest BCUT2D eigenvalue weighted by Gasteiger charge is 2.35. The van der Waals surface area contributed by atoms with Crippen molar-refractivity contribution >= 4 is 11.4 Å². The molecular formula is C23H20N2. The third-order valence-corrected chi connectivity index (χ3v) is 4.72. The molecule has 0 spiro atoms. The average Bonchev–Trinajstić information content (AvgIpc) is 2.70. The lowest BCUT2D eigenvalue weighted by Gasteiger charge is -2.33. The molecule has 25 heavy (non-hydrogen) atoms. The van der Waals surface area contributed by atoms with E-state index in [-0.39, 0.29) is 5.41 Å². The number of allylic oxidation sites excluding steroid dienone is 1. The van der Waals surface area contributed by atoms with Gasteiger partial charge >= 0.3 is 0 Å². The summed E-state index contributed by atoms with van der Waals surface area (Å²) in [5.74, 6) is 0. The highest BCUT2D eigenvalue weighted by atomic mass is 15.3. The molecule has 0 aromatic heterocycles. The van der Waals surface area contributed by atoms with Crippen molar-refractivity contribution in [3.05, 3.63) is 114 Å². The third-order valence-electron chi connectivity index (χ3n) is 4.72. The first-order valence-electron chi connectivity index (χ1n) is 8.51. The molecule has 0 fully saturated rings. The molecule has 1 N–H and O–H groups in total. The standard InChI is InChI=1S/C23H20N2/c1-23(20-15-9-4-10-16-20)17-21(18-11-5-2-6-12-18)24-25-22(23)19-13-7-3-8-14-19/h2-17,24H,1H3. The summed E-state index contributed by atoms with van der Waals surface area (Å²) >= 11 is 0. The predicted octanol–water partition coefficient (Wildman–Crippen LogP) is 4.99. The fourth-order valence-corrected chi connectivity index (χ4v) is 3.35. The first-order chi connectivity index (χ1) is 12.3. The molecule has 0 saturated carbocycles. The topological polar surface area (TPSA) is 24.4 Å². The molecule has 3 aromatic carbocycles. The minimum Gasteiger partial charge on any atom is -0.278 e. The summed E-state index contributed by atoms with van der Waals surface area (Å²) in [6.07, 6.45) is 2.28. The van der Waals surface area contributed by atoms with Gasteiger partial charge < -0.3 is 0 Å². The Morgan fingerprint density at radius 2 is 1.20 bits per heavy atom. The maximum Gasteiger partial charge on any atom is 0.0821 e. The van der Waals surface area contributed by atoms with Crippen LogP contribution in [0.25, 0.3) is 5.70 Å². The molecule has 1 unspecified atom stereocenters. The van der Waals surface area contributed by atoms with E-state index in [4.69, 9.17) is 5.10 Å². The van der Waals surface area contributed by atoms with Crippen LogP contribution in [0, 0.1) is 0 Å². The molecule has 0 saturated heterocycles. The first kappa shape index (κ1) is 15.4. The molecule has 0 aliphatic carbocycles. The van der Waals surface area contributed by atoms with Gasteiger partial charge in [-0.25, -0.2) is 0 Å².